The Morgan fingerprint density at radius 3 is 1.54 bits per heavy atom. The average molecular weight is 515 g/mol. The van der Waals surface area contributed by atoms with Crippen molar-refractivity contribution in [2.45, 2.75) is 26.2 Å². The Morgan fingerprint density at radius 2 is 0.974 bits per heavy atom. The van der Waals surface area contributed by atoms with E-state index in [0.29, 0.717) is 39.1 Å². The monoisotopic (exact) mass is 514 g/mol. The van der Waals surface area contributed by atoms with Crippen molar-refractivity contribution >= 4 is 29.3 Å². The molecule has 0 fully saturated rings. The number of amides is 4. The van der Waals surface area contributed by atoms with Crippen LogP contribution in [0.15, 0.2) is 84.9 Å². The SMILES string of the molecule is Cc1ccc(C(C)(C)c2ccc(N3C(=O)c4ccc(-c5ccc6c(c5)C(=O)N(C)C6=O)cc4C3=O)cc2)cc1. The minimum absolute atomic E-state index is 0.250. The molecule has 2 aliphatic heterocycles. The summed E-state index contributed by atoms with van der Waals surface area (Å²) < 4.78 is 0. The van der Waals surface area contributed by atoms with Crippen LogP contribution in [0.4, 0.5) is 5.69 Å². The van der Waals surface area contributed by atoms with E-state index in [-0.39, 0.29) is 23.1 Å². The number of carbonyl (C=O) groups excluding carboxylic acids is 4. The number of anilines is 1. The summed E-state index contributed by atoms with van der Waals surface area (Å²) in [6, 6.07) is 26.1. The van der Waals surface area contributed by atoms with E-state index in [0.717, 1.165) is 10.5 Å². The van der Waals surface area contributed by atoms with E-state index in [9.17, 15) is 19.2 Å². The second-order valence-corrected chi connectivity index (χ2v) is 10.7. The number of rotatable bonds is 4. The molecule has 0 aliphatic carbocycles. The van der Waals surface area contributed by atoms with E-state index in [1.165, 1.54) is 23.1 Å². The fourth-order valence-electron chi connectivity index (χ4n) is 5.36. The predicted octanol–water partition coefficient (Wildman–Crippen LogP) is 6.01. The lowest BCUT2D eigenvalue weighted by atomic mass is 9.78. The molecule has 4 amide bonds. The summed E-state index contributed by atoms with van der Waals surface area (Å²) >= 11 is 0. The molecule has 192 valence electrons. The van der Waals surface area contributed by atoms with Crippen LogP contribution in [0, 0.1) is 6.92 Å². The van der Waals surface area contributed by atoms with Crippen molar-refractivity contribution < 1.29 is 19.2 Å². The zero-order valence-corrected chi connectivity index (χ0v) is 22.1. The van der Waals surface area contributed by atoms with Gasteiger partial charge in [0.05, 0.1) is 27.9 Å². The highest BCUT2D eigenvalue weighted by molar-refractivity contribution is 6.34. The Hall–Kier alpha value is -4.84. The molecule has 4 aromatic rings. The smallest absolute Gasteiger partial charge is 0.266 e. The van der Waals surface area contributed by atoms with Gasteiger partial charge in [0.1, 0.15) is 0 Å². The molecular weight excluding hydrogens is 488 g/mol. The zero-order chi connectivity index (χ0) is 27.6. The molecule has 0 saturated carbocycles. The lowest BCUT2D eigenvalue weighted by molar-refractivity contribution is 0.0692. The number of imide groups is 2. The summed E-state index contributed by atoms with van der Waals surface area (Å²) in [7, 11) is 1.45. The first-order chi connectivity index (χ1) is 18.6. The Balaban J connectivity index is 1.30. The second-order valence-electron chi connectivity index (χ2n) is 10.7. The first kappa shape index (κ1) is 24.5. The Kier molecular flexibility index (Phi) is 5.40. The van der Waals surface area contributed by atoms with Gasteiger partial charge in [0.15, 0.2) is 0 Å². The van der Waals surface area contributed by atoms with E-state index in [2.05, 4.69) is 45.0 Å². The molecule has 0 N–H and O–H groups in total. The van der Waals surface area contributed by atoms with Crippen LogP contribution in [0.25, 0.3) is 11.1 Å². The molecule has 4 aromatic carbocycles. The maximum absolute atomic E-state index is 13.5. The first-order valence-corrected chi connectivity index (χ1v) is 12.8. The van der Waals surface area contributed by atoms with Crippen molar-refractivity contribution in [2.75, 3.05) is 11.9 Å². The van der Waals surface area contributed by atoms with Crippen molar-refractivity contribution in [3.63, 3.8) is 0 Å². The highest BCUT2D eigenvalue weighted by Crippen LogP contribution is 2.36. The van der Waals surface area contributed by atoms with Crippen molar-refractivity contribution in [1.29, 1.82) is 0 Å². The van der Waals surface area contributed by atoms with Gasteiger partial charge in [-0.05, 0) is 65.6 Å². The van der Waals surface area contributed by atoms with Crippen LogP contribution in [-0.2, 0) is 5.41 Å². The second kappa shape index (κ2) is 8.60. The summed E-state index contributed by atoms with van der Waals surface area (Å²) in [6.45, 7) is 6.36. The van der Waals surface area contributed by atoms with Crippen molar-refractivity contribution in [3.8, 4) is 11.1 Å². The number of benzene rings is 4. The molecule has 6 heteroatoms. The van der Waals surface area contributed by atoms with Gasteiger partial charge >= 0.3 is 0 Å². The van der Waals surface area contributed by atoms with Gasteiger partial charge in [0.2, 0.25) is 0 Å². The normalized spacial score (nSPS) is 14.8. The third kappa shape index (κ3) is 3.71. The number of hydrogen-bond acceptors (Lipinski definition) is 4. The number of nitrogens with zero attached hydrogens (tertiary/aromatic N) is 2. The van der Waals surface area contributed by atoms with Gasteiger partial charge in [-0.25, -0.2) is 4.90 Å². The predicted molar refractivity (Wildman–Crippen MR) is 149 cm³/mol. The third-order valence-electron chi connectivity index (χ3n) is 7.93. The van der Waals surface area contributed by atoms with Gasteiger partial charge < -0.3 is 0 Å². The molecule has 0 radical (unpaired) electrons. The van der Waals surface area contributed by atoms with E-state index in [4.69, 9.17) is 0 Å². The minimum Gasteiger partial charge on any atom is -0.277 e. The minimum atomic E-state index is -0.394. The van der Waals surface area contributed by atoms with E-state index in [1.807, 2.05) is 24.3 Å². The largest absolute Gasteiger partial charge is 0.277 e. The molecule has 0 saturated heterocycles. The lowest BCUT2D eigenvalue weighted by Crippen LogP contribution is -2.29. The number of carbonyl (C=O) groups is 4. The van der Waals surface area contributed by atoms with E-state index >= 15 is 0 Å². The van der Waals surface area contributed by atoms with Crippen LogP contribution in [0.5, 0.6) is 0 Å². The Bertz CT molecular complexity index is 1720. The van der Waals surface area contributed by atoms with Crippen molar-refractivity contribution in [3.05, 3.63) is 124 Å². The summed E-state index contributed by atoms with van der Waals surface area (Å²) in [5, 5.41) is 0. The summed E-state index contributed by atoms with van der Waals surface area (Å²) in [4.78, 5) is 53.7. The quantitative estimate of drug-likeness (QED) is 0.313. The van der Waals surface area contributed by atoms with Gasteiger partial charge in [-0.2, -0.15) is 0 Å². The third-order valence-corrected chi connectivity index (χ3v) is 7.93. The standard InChI is InChI=1S/C33H26N2O4/c1-19-5-9-22(10-6-19)33(2,3)23-11-13-24(14-12-23)35-31(38)26-16-8-21(18-28(26)32(35)39)20-7-15-25-27(17-20)30(37)34(4)29(25)36/h5-18H,1-4H3. The molecule has 2 heterocycles. The summed E-state index contributed by atoms with van der Waals surface area (Å²) in [6.07, 6.45) is 0. The van der Waals surface area contributed by atoms with Crippen LogP contribution < -0.4 is 4.90 Å². The maximum atomic E-state index is 13.5. The van der Waals surface area contributed by atoms with Gasteiger partial charge in [0.25, 0.3) is 23.6 Å². The highest BCUT2D eigenvalue weighted by Gasteiger charge is 2.38. The van der Waals surface area contributed by atoms with Crippen LogP contribution in [0.3, 0.4) is 0 Å². The molecular formula is C33H26N2O4. The van der Waals surface area contributed by atoms with Crippen LogP contribution in [-0.4, -0.2) is 35.6 Å². The Labute approximate surface area is 226 Å². The zero-order valence-electron chi connectivity index (χ0n) is 22.1. The fourth-order valence-corrected chi connectivity index (χ4v) is 5.36. The van der Waals surface area contributed by atoms with E-state index in [1.54, 1.807) is 36.4 Å². The van der Waals surface area contributed by atoms with Gasteiger partial charge in [-0.3, -0.25) is 24.1 Å². The van der Waals surface area contributed by atoms with Crippen LogP contribution in [0.1, 0.15) is 72.0 Å². The number of fused-ring (bicyclic) bond motifs is 2. The van der Waals surface area contributed by atoms with Crippen LogP contribution >= 0.6 is 0 Å². The molecule has 6 rings (SSSR count). The number of aryl methyl sites for hydroxylation is 1. The molecule has 2 aliphatic rings. The van der Waals surface area contributed by atoms with Gasteiger partial charge in [-0.15, -0.1) is 0 Å². The Morgan fingerprint density at radius 1 is 0.538 bits per heavy atom. The van der Waals surface area contributed by atoms with Crippen molar-refractivity contribution in [1.82, 2.24) is 4.90 Å². The average Bonchev–Trinajstić information content (AvgIpc) is 3.32. The summed E-state index contributed by atoms with van der Waals surface area (Å²) in [5.41, 5.74) is 6.42. The molecule has 6 nitrogen and oxygen atoms in total. The fraction of sp³-hybridized carbons (Fsp3) is 0.152. The van der Waals surface area contributed by atoms with Crippen molar-refractivity contribution in [2.24, 2.45) is 0 Å². The lowest BCUT2D eigenvalue weighted by Gasteiger charge is -2.27. The number of hydrogen-bond donors (Lipinski definition) is 0. The van der Waals surface area contributed by atoms with E-state index < -0.39 is 5.91 Å². The van der Waals surface area contributed by atoms with Gasteiger partial charge in [-0.1, -0.05) is 67.9 Å². The molecule has 39 heavy (non-hydrogen) atoms. The molecule has 0 bridgehead atoms. The van der Waals surface area contributed by atoms with Crippen LogP contribution in [0.2, 0.25) is 0 Å². The topological polar surface area (TPSA) is 74.8 Å². The molecule has 0 unspecified atom stereocenters. The molecule has 0 spiro atoms. The highest BCUT2D eigenvalue weighted by atomic mass is 16.2. The summed E-state index contributed by atoms with van der Waals surface area (Å²) in [5.74, 6) is -1.46. The first-order valence-electron chi connectivity index (χ1n) is 12.8. The van der Waals surface area contributed by atoms with Gasteiger partial charge in [0, 0.05) is 12.5 Å². The maximum Gasteiger partial charge on any atom is 0.266 e. The molecule has 0 atom stereocenters. The molecule has 0 aromatic heterocycles.